The van der Waals surface area contributed by atoms with Gasteiger partial charge in [0, 0.05) is 16.5 Å². The number of nitrogens with zero attached hydrogens (tertiary/aromatic N) is 3. The van der Waals surface area contributed by atoms with Crippen molar-refractivity contribution in [2.24, 2.45) is 0 Å². The molecule has 0 fully saturated rings. The Balaban J connectivity index is 1.57. The Kier molecular flexibility index (Phi) is 5.28. The first kappa shape index (κ1) is 20.7. The summed E-state index contributed by atoms with van der Waals surface area (Å²) < 4.78 is 42.3. The lowest BCUT2D eigenvalue weighted by Crippen LogP contribution is -2.16. The molecular formula is C21H14ClF3N4O2. The number of ether oxygens (including phenoxy) is 1. The maximum atomic E-state index is 12.4. The van der Waals surface area contributed by atoms with E-state index in [9.17, 15) is 18.0 Å². The number of halogens is 4. The number of carbonyl (C=O) groups is 1. The number of amides is 1. The van der Waals surface area contributed by atoms with E-state index in [1.54, 1.807) is 25.1 Å². The lowest BCUT2D eigenvalue weighted by Gasteiger charge is -2.09. The van der Waals surface area contributed by atoms with E-state index < -0.39 is 12.3 Å². The number of alkyl halides is 3. The van der Waals surface area contributed by atoms with E-state index in [1.807, 2.05) is 10.5 Å². The topological polar surface area (TPSA) is 68.5 Å². The van der Waals surface area contributed by atoms with E-state index in [4.69, 9.17) is 11.6 Å². The Morgan fingerprint density at radius 3 is 2.58 bits per heavy atom. The highest BCUT2D eigenvalue weighted by Gasteiger charge is 2.30. The number of hydrogen-bond donors (Lipinski definition) is 1. The summed E-state index contributed by atoms with van der Waals surface area (Å²) in [6.45, 7) is 1.80. The van der Waals surface area contributed by atoms with Crippen LogP contribution in [0.3, 0.4) is 0 Å². The number of anilines is 1. The van der Waals surface area contributed by atoms with Gasteiger partial charge in [0.2, 0.25) is 5.91 Å². The standard InChI is InChI=1S/C21H14ClF3N4O2/c1-12-27-28-20-17(11-14-10-15(22)5-8-18(14)29(12)20)26-19(30)9-4-13-2-6-16(7-3-13)31-21(23,24)25/h2-11H,1H3,(H,26,30)/b9-4+. The summed E-state index contributed by atoms with van der Waals surface area (Å²) in [5.41, 5.74) is 2.29. The van der Waals surface area contributed by atoms with Crippen LogP contribution in [0, 0.1) is 6.92 Å². The van der Waals surface area contributed by atoms with Crippen molar-refractivity contribution in [2.75, 3.05) is 5.32 Å². The van der Waals surface area contributed by atoms with Crippen LogP contribution in [0.1, 0.15) is 11.4 Å². The van der Waals surface area contributed by atoms with Crippen molar-refractivity contribution in [3.63, 3.8) is 0 Å². The van der Waals surface area contributed by atoms with Crippen LogP contribution < -0.4 is 10.1 Å². The number of hydrogen-bond acceptors (Lipinski definition) is 4. The van der Waals surface area contributed by atoms with Crippen LogP contribution in [0.5, 0.6) is 5.75 Å². The predicted octanol–water partition coefficient (Wildman–Crippen LogP) is 5.39. The molecule has 0 unspecified atom stereocenters. The number of pyridine rings is 1. The zero-order chi connectivity index (χ0) is 22.2. The van der Waals surface area contributed by atoms with E-state index >= 15 is 0 Å². The van der Waals surface area contributed by atoms with Gasteiger partial charge in [-0.1, -0.05) is 23.7 Å². The van der Waals surface area contributed by atoms with Gasteiger partial charge in [0.25, 0.3) is 0 Å². The first-order valence-electron chi connectivity index (χ1n) is 8.98. The molecule has 0 spiro atoms. The average Bonchev–Trinajstić information content (AvgIpc) is 3.08. The molecule has 1 amide bonds. The molecule has 0 bridgehead atoms. The van der Waals surface area contributed by atoms with E-state index in [0.29, 0.717) is 27.7 Å². The second kappa shape index (κ2) is 7.92. The van der Waals surface area contributed by atoms with Crippen molar-refractivity contribution in [1.29, 1.82) is 0 Å². The first-order chi connectivity index (χ1) is 14.7. The van der Waals surface area contributed by atoms with Gasteiger partial charge in [-0.3, -0.25) is 9.20 Å². The fourth-order valence-corrected chi connectivity index (χ4v) is 3.29. The van der Waals surface area contributed by atoms with Gasteiger partial charge in [-0.15, -0.1) is 23.4 Å². The van der Waals surface area contributed by atoms with E-state index in [2.05, 4.69) is 20.3 Å². The lowest BCUT2D eigenvalue weighted by atomic mass is 10.2. The Bertz CT molecular complexity index is 1310. The molecule has 4 rings (SSSR count). The van der Waals surface area contributed by atoms with Gasteiger partial charge in [0.1, 0.15) is 11.6 Å². The van der Waals surface area contributed by atoms with Gasteiger partial charge in [0.05, 0.1) is 11.2 Å². The first-order valence-corrected chi connectivity index (χ1v) is 9.36. The van der Waals surface area contributed by atoms with Crippen LogP contribution in [0.4, 0.5) is 18.9 Å². The number of fused-ring (bicyclic) bond motifs is 3. The maximum Gasteiger partial charge on any atom is 0.573 e. The van der Waals surface area contributed by atoms with Crippen molar-refractivity contribution in [2.45, 2.75) is 13.3 Å². The summed E-state index contributed by atoms with van der Waals surface area (Å²) >= 11 is 6.10. The number of rotatable bonds is 4. The van der Waals surface area contributed by atoms with E-state index in [0.717, 1.165) is 10.9 Å². The Morgan fingerprint density at radius 2 is 1.87 bits per heavy atom. The molecule has 0 aliphatic rings. The molecule has 158 valence electrons. The lowest BCUT2D eigenvalue weighted by molar-refractivity contribution is -0.274. The highest BCUT2D eigenvalue weighted by Crippen LogP contribution is 2.27. The Hall–Kier alpha value is -3.59. The monoisotopic (exact) mass is 446 g/mol. The van der Waals surface area contributed by atoms with E-state index in [-0.39, 0.29) is 5.75 Å². The fourth-order valence-electron chi connectivity index (χ4n) is 3.11. The van der Waals surface area contributed by atoms with Crippen LogP contribution in [0.25, 0.3) is 22.6 Å². The van der Waals surface area contributed by atoms with Gasteiger partial charge < -0.3 is 10.1 Å². The van der Waals surface area contributed by atoms with Crippen molar-refractivity contribution in [1.82, 2.24) is 14.6 Å². The maximum absolute atomic E-state index is 12.4. The zero-order valence-corrected chi connectivity index (χ0v) is 16.7. The minimum atomic E-state index is -4.76. The molecule has 1 N–H and O–H groups in total. The fraction of sp³-hybridized carbons (Fsp3) is 0.0952. The number of nitrogens with one attached hydrogen (secondary N) is 1. The molecule has 0 radical (unpaired) electrons. The van der Waals surface area contributed by atoms with Crippen molar-refractivity contribution >= 4 is 45.8 Å². The largest absolute Gasteiger partial charge is 0.573 e. The van der Waals surface area contributed by atoms with Gasteiger partial charge >= 0.3 is 6.36 Å². The zero-order valence-electron chi connectivity index (χ0n) is 15.9. The normalized spacial score (nSPS) is 12.0. The van der Waals surface area contributed by atoms with Gasteiger partial charge in [-0.2, -0.15) is 0 Å². The van der Waals surface area contributed by atoms with Crippen LogP contribution in [0.15, 0.2) is 54.6 Å². The average molecular weight is 447 g/mol. The second-order valence-electron chi connectivity index (χ2n) is 6.61. The molecule has 2 aromatic carbocycles. The third-order valence-corrected chi connectivity index (χ3v) is 4.63. The molecule has 4 aromatic rings. The van der Waals surface area contributed by atoms with Crippen LogP contribution >= 0.6 is 11.6 Å². The molecule has 0 saturated carbocycles. The van der Waals surface area contributed by atoms with Crippen LogP contribution in [0.2, 0.25) is 5.02 Å². The van der Waals surface area contributed by atoms with Crippen molar-refractivity contribution in [3.8, 4) is 5.75 Å². The highest BCUT2D eigenvalue weighted by atomic mass is 35.5. The SMILES string of the molecule is Cc1nnc2c(NC(=O)/C=C/c3ccc(OC(F)(F)F)cc3)cc3cc(Cl)ccc3n12. The summed E-state index contributed by atoms with van der Waals surface area (Å²) in [5, 5.41) is 12.3. The number of aryl methyl sites for hydroxylation is 1. The van der Waals surface area contributed by atoms with Crippen molar-refractivity contribution in [3.05, 3.63) is 71.0 Å². The number of carbonyl (C=O) groups excluding carboxylic acids is 1. The van der Waals surface area contributed by atoms with Gasteiger partial charge in [-0.25, -0.2) is 0 Å². The molecule has 10 heteroatoms. The number of aromatic nitrogens is 3. The Labute approximate surface area is 178 Å². The van der Waals surface area contributed by atoms with Crippen LogP contribution in [-0.4, -0.2) is 26.9 Å². The van der Waals surface area contributed by atoms with Crippen molar-refractivity contribution < 1.29 is 22.7 Å². The number of benzene rings is 2. The molecule has 0 aliphatic heterocycles. The quantitative estimate of drug-likeness (QED) is 0.426. The molecule has 0 atom stereocenters. The smallest absolute Gasteiger partial charge is 0.406 e. The molecule has 2 aromatic heterocycles. The second-order valence-corrected chi connectivity index (χ2v) is 7.04. The third-order valence-electron chi connectivity index (χ3n) is 4.39. The van der Waals surface area contributed by atoms with Gasteiger partial charge in [0.15, 0.2) is 5.65 Å². The summed E-state index contributed by atoms with van der Waals surface area (Å²) in [7, 11) is 0. The summed E-state index contributed by atoms with van der Waals surface area (Å²) in [6.07, 6.45) is -2.02. The molecule has 2 heterocycles. The molecule has 0 aliphatic carbocycles. The highest BCUT2D eigenvalue weighted by molar-refractivity contribution is 6.31. The summed E-state index contributed by atoms with van der Waals surface area (Å²) in [5.74, 6) is -0.136. The van der Waals surface area contributed by atoms with E-state index in [1.165, 1.54) is 36.4 Å². The molecule has 0 saturated heterocycles. The summed E-state index contributed by atoms with van der Waals surface area (Å²) in [4.78, 5) is 12.4. The molecular weight excluding hydrogens is 433 g/mol. The van der Waals surface area contributed by atoms with Gasteiger partial charge in [-0.05, 0) is 55.0 Å². The minimum absolute atomic E-state index is 0.339. The molecule has 31 heavy (non-hydrogen) atoms. The minimum Gasteiger partial charge on any atom is -0.406 e. The Morgan fingerprint density at radius 1 is 1.13 bits per heavy atom. The third kappa shape index (κ3) is 4.61. The van der Waals surface area contributed by atoms with Crippen LogP contribution in [-0.2, 0) is 4.79 Å². The summed E-state index contributed by atoms with van der Waals surface area (Å²) in [6, 6.07) is 12.3. The molecule has 6 nitrogen and oxygen atoms in total. The predicted molar refractivity (Wildman–Crippen MR) is 111 cm³/mol.